The van der Waals surface area contributed by atoms with Crippen LogP contribution in [0.25, 0.3) is 0 Å². The molecule has 1 nitrogen and oxygen atoms in total. The lowest BCUT2D eigenvalue weighted by Crippen LogP contribution is -2.12. The molecule has 1 fully saturated rings. The van der Waals surface area contributed by atoms with E-state index in [4.69, 9.17) is 0 Å². The Morgan fingerprint density at radius 2 is 2.00 bits per heavy atom. The molecule has 0 radical (unpaired) electrons. The van der Waals surface area contributed by atoms with Crippen LogP contribution in [0.4, 0.5) is 0 Å². The lowest BCUT2D eigenvalue weighted by Gasteiger charge is -2.17. The predicted octanol–water partition coefficient (Wildman–Crippen LogP) is 3.10. The molecule has 0 spiro atoms. The van der Waals surface area contributed by atoms with Gasteiger partial charge in [-0.25, -0.2) is 0 Å². The van der Waals surface area contributed by atoms with Gasteiger partial charge in [-0.2, -0.15) is 0 Å². The first-order valence-corrected chi connectivity index (χ1v) is 5.44. The standard InChI is InChI=1S/C12H19N/c1-11-4-6-12(7-5-11)10-13-8-2-3-9-13/h4,10H,2-3,5-9H2,1H3. The van der Waals surface area contributed by atoms with Crippen LogP contribution < -0.4 is 0 Å². The van der Waals surface area contributed by atoms with Crippen LogP contribution in [0.1, 0.15) is 39.0 Å². The molecule has 1 heterocycles. The van der Waals surface area contributed by atoms with E-state index in [0.29, 0.717) is 0 Å². The Morgan fingerprint density at radius 3 is 2.62 bits per heavy atom. The minimum atomic E-state index is 1.20. The fraction of sp³-hybridized carbons (Fsp3) is 0.667. The summed E-state index contributed by atoms with van der Waals surface area (Å²) in [5, 5.41) is 0. The second-order valence-electron chi connectivity index (χ2n) is 4.29. The first-order chi connectivity index (χ1) is 6.34. The summed E-state index contributed by atoms with van der Waals surface area (Å²) in [5.41, 5.74) is 3.20. The van der Waals surface area contributed by atoms with Gasteiger partial charge in [0.2, 0.25) is 0 Å². The molecule has 1 heteroatoms. The average Bonchev–Trinajstić information content (AvgIpc) is 2.62. The largest absolute Gasteiger partial charge is 0.377 e. The second kappa shape index (κ2) is 3.99. The molecular weight excluding hydrogens is 158 g/mol. The summed E-state index contributed by atoms with van der Waals surface area (Å²) in [6.45, 7) is 4.81. The maximum atomic E-state index is 2.49. The molecule has 0 atom stereocenters. The van der Waals surface area contributed by atoms with E-state index >= 15 is 0 Å². The molecule has 0 bridgehead atoms. The van der Waals surface area contributed by atoms with E-state index in [1.165, 1.54) is 45.2 Å². The van der Waals surface area contributed by atoms with E-state index in [-0.39, 0.29) is 0 Å². The Balaban J connectivity index is 1.93. The van der Waals surface area contributed by atoms with Crippen LogP contribution in [0.2, 0.25) is 0 Å². The molecule has 0 aromatic heterocycles. The molecule has 2 rings (SSSR count). The molecular formula is C12H19N. The minimum absolute atomic E-state index is 1.20. The summed E-state index contributed by atoms with van der Waals surface area (Å²) in [6.07, 6.45) is 11.3. The van der Waals surface area contributed by atoms with Crippen LogP contribution in [0.5, 0.6) is 0 Å². The van der Waals surface area contributed by atoms with Crippen LogP contribution in [0, 0.1) is 0 Å². The maximum absolute atomic E-state index is 2.49. The Bertz CT molecular complexity index is 232. The number of hydrogen-bond donors (Lipinski definition) is 0. The van der Waals surface area contributed by atoms with Crippen molar-refractivity contribution in [3.63, 3.8) is 0 Å². The SMILES string of the molecule is CC1=CCC(=CN2CCCC2)CC1. The van der Waals surface area contributed by atoms with Gasteiger partial charge in [0.05, 0.1) is 0 Å². The molecule has 0 N–H and O–H groups in total. The van der Waals surface area contributed by atoms with Crippen LogP contribution in [-0.4, -0.2) is 18.0 Å². The molecule has 1 aliphatic heterocycles. The number of nitrogens with zero attached hydrogens (tertiary/aromatic N) is 1. The molecule has 0 unspecified atom stereocenters. The summed E-state index contributed by atoms with van der Waals surface area (Å²) in [7, 11) is 0. The predicted molar refractivity (Wildman–Crippen MR) is 56.5 cm³/mol. The molecule has 2 aliphatic rings. The van der Waals surface area contributed by atoms with E-state index < -0.39 is 0 Å². The molecule has 1 aliphatic carbocycles. The van der Waals surface area contributed by atoms with Crippen LogP contribution in [-0.2, 0) is 0 Å². The highest BCUT2D eigenvalue weighted by atomic mass is 15.1. The number of hydrogen-bond acceptors (Lipinski definition) is 1. The zero-order valence-electron chi connectivity index (χ0n) is 8.55. The monoisotopic (exact) mass is 177 g/mol. The summed E-state index contributed by atoms with van der Waals surface area (Å²) in [5.74, 6) is 0. The van der Waals surface area contributed by atoms with Crippen molar-refractivity contribution in [3.8, 4) is 0 Å². The van der Waals surface area contributed by atoms with Gasteiger partial charge in [0.25, 0.3) is 0 Å². The minimum Gasteiger partial charge on any atom is -0.377 e. The van der Waals surface area contributed by atoms with Crippen molar-refractivity contribution in [2.45, 2.75) is 39.0 Å². The Kier molecular flexibility index (Phi) is 2.72. The van der Waals surface area contributed by atoms with E-state index in [0.717, 1.165) is 0 Å². The number of allylic oxidation sites excluding steroid dienone is 3. The Hall–Kier alpha value is -0.720. The normalized spacial score (nSPS) is 26.7. The fourth-order valence-corrected chi connectivity index (χ4v) is 2.11. The fourth-order valence-electron chi connectivity index (χ4n) is 2.11. The molecule has 0 aromatic rings. The Labute approximate surface area is 81.1 Å². The first-order valence-electron chi connectivity index (χ1n) is 5.44. The topological polar surface area (TPSA) is 3.24 Å². The van der Waals surface area contributed by atoms with Crippen molar-refractivity contribution in [3.05, 3.63) is 23.4 Å². The van der Waals surface area contributed by atoms with Crippen molar-refractivity contribution < 1.29 is 0 Å². The lowest BCUT2D eigenvalue weighted by molar-refractivity contribution is 0.460. The summed E-state index contributed by atoms with van der Waals surface area (Å²) in [4.78, 5) is 2.49. The van der Waals surface area contributed by atoms with Gasteiger partial charge in [-0.15, -0.1) is 0 Å². The summed E-state index contributed by atoms with van der Waals surface area (Å²) in [6, 6.07) is 0. The third-order valence-electron chi connectivity index (χ3n) is 3.06. The van der Waals surface area contributed by atoms with Crippen molar-refractivity contribution in [1.82, 2.24) is 4.90 Å². The van der Waals surface area contributed by atoms with Gasteiger partial charge in [0.15, 0.2) is 0 Å². The quantitative estimate of drug-likeness (QED) is 0.556. The van der Waals surface area contributed by atoms with Gasteiger partial charge >= 0.3 is 0 Å². The molecule has 72 valence electrons. The van der Waals surface area contributed by atoms with Gasteiger partial charge in [0, 0.05) is 13.1 Å². The van der Waals surface area contributed by atoms with Gasteiger partial charge < -0.3 is 4.90 Å². The third kappa shape index (κ3) is 2.36. The van der Waals surface area contributed by atoms with E-state index in [2.05, 4.69) is 24.1 Å². The molecule has 0 aromatic carbocycles. The molecule has 0 saturated carbocycles. The maximum Gasteiger partial charge on any atom is 0.0173 e. The average molecular weight is 177 g/mol. The highest BCUT2D eigenvalue weighted by molar-refractivity contribution is 5.17. The van der Waals surface area contributed by atoms with Gasteiger partial charge in [-0.1, -0.05) is 17.2 Å². The van der Waals surface area contributed by atoms with Crippen LogP contribution >= 0.6 is 0 Å². The smallest absolute Gasteiger partial charge is 0.0173 e. The van der Waals surface area contributed by atoms with E-state index in [1.54, 1.807) is 11.1 Å². The molecule has 13 heavy (non-hydrogen) atoms. The van der Waals surface area contributed by atoms with Crippen molar-refractivity contribution >= 4 is 0 Å². The third-order valence-corrected chi connectivity index (χ3v) is 3.06. The summed E-state index contributed by atoms with van der Waals surface area (Å²) >= 11 is 0. The molecule has 0 amide bonds. The van der Waals surface area contributed by atoms with Gasteiger partial charge in [-0.05, 0) is 45.2 Å². The van der Waals surface area contributed by atoms with Crippen molar-refractivity contribution in [1.29, 1.82) is 0 Å². The second-order valence-corrected chi connectivity index (χ2v) is 4.29. The van der Waals surface area contributed by atoms with Gasteiger partial charge in [-0.3, -0.25) is 0 Å². The molecule has 1 saturated heterocycles. The lowest BCUT2D eigenvalue weighted by atomic mass is 9.96. The van der Waals surface area contributed by atoms with E-state index in [9.17, 15) is 0 Å². The zero-order valence-corrected chi connectivity index (χ0v) is 8.55. The van der Waals surface area contributed by atoms with Crippen LogP contribution in [0.15, 0.2) is 23.4 Å². The first kappa shape index (κ1) is 8.86. The number of likely N-dealkylation sites (tertiary alicyclic amines) is 1. The van der Waals surface area contributed by atoms with Crippen molar-refractivity contribution in [2.24, 2.45) is 0 Å². The highest BCUT2D eigenvalue weighted by Crippen LogP contribution is 2.23. The highest BCUT2D eigenvalue weighted by Gasteiger charge is 2.10. The Morgan fingerprint density at radius 1 is 1.23 bits per heavy atom. The summed E-state index contributed by atoms with van der Waals surface area (Å²) < 4.78 is 0. The van der Waals surface area contributed by atoms with Crippen molar-refractivity contribution in [2.75, 3.05) is 13.1 Å². The van der Waals surface area contributed by atoms with E-state index in [1.807, 2.05) is 0 Å². The number of rotatable bonds is 1. The van der Waals surface area contributed by atoms with Gasteiger partial charge in [0.1, 0.15) is 0 Å². The zero-order chi connectivity index (χ0) is 9.10. The van der Waals surface area contributed by atoms with Crippen LogP contribution in [0.3, 0.4) is 0 Å².